The van der Waals surface area contributed by atoms with Crippen LogP contribution in [-0.4, -0.2) is 36.5 Å². The number of nitrogens with zero attached hydrogens (tertiary/aromatic N) is 1. The van der Waals surface area contributed by atoms with Gasteiger partial charge in [0.15, 0.2) is 0 Å². The van der Waals surface area contributed by atoms with E-state index in [1.54, 1.807) is 0 Å². The maximum absolute atomic E-state index is 11.0. The quantitative estimate of drug-likeness (QED) is 0.669. The van der Waals surface area contributed by atoms with Crippen LogP contribution in [0.25, 0.3) is 0 Å². The third-order valence-corrected chi connectivity index (χ3v) is 2.83. The van der Waals surface area contributed by atoms with Gasteiger partial charge in [-0.1, -0.05) is 13.5 Å². The van der Waals surface area contributed by atoms with E-state index >= 15 is 0 Å². The Morgan fingerprint density at radius 2 is 2.21 bits per heavy atom. The van der Waals surface area contributed by atoms with Crippen molar-refractivity contribution >= 4 is 5.91 Å². The maximum atomic E-state index is 11.0. The van der Waals surface area contributed by atoms with E-state index in [4.69, 9.17) is 0 Å². The Hall–Kier alpha value is -0.830. The van der Waals surface area contributed by atoms with Gasteiger partial charge in [-0.2, -0.15) is 0 Å². The van der Waals surface area contributed by atoms with E-state index in [0.717, 1.165) is 13.0 Å². The van der Waals surface area contributed by atoms with Crippen molar-refractivity contribution in [1.82, 2.24) is 10.2 Å². The lowest BCUT2D eigenvalue weighted by molar-refractivity contribution is -0.116. The molecule has 1 aliphatic rings. The van der Waals surface area contributed by atoms with Crippen molar-refractivity contribution in [3.8, 4) is 0 Å². The van der Waals surface area contributed by atoms with Crippen molar-refractivity contribution in [2.75, 3.05) is 19.6 Å². The average Bonchev–Trinajstić information content (AvgIpc) is 2.72. The van der Waals surface area contributed by atoms with Gasteiger partial charge in [0.2, 0.25) is 5.91 Å². The molecular weight excluding hydrogens is 176 g/mol. The van der Waals surface area contributed by atoms with Crippen LogP contribution in [0, 0.1) is 0 Å². The lowest BCUT2D eigenvalue weighted by Crippen LogP contribution is -2.41. The first-order valence-corrected chi connectivity index (χ1v) is 5.42. The van der Waals surface area contributed by atoms with E-state index in [2.05, 4.69) is 23.7 Å². The fourth-order valence-electron chi connectivity index (χ4n) is 1.93. The molecule has 1 N–H and O–H groups in total. The highest BCUT2D eigenvalue weighted by molar-refractivity contribution is 5.86. The highest BCUT2D eigenvalue weighted by Crippen LogP contribution is 2.13. The van der Waals surface area contributed by atoms with Crippen molar-refractivity contribution in [2.45, 2.75) is 32.2 Å². The summed E-state index contributed by atoms with van der Waals surface area (Å²) in [7, 11) is 0. The number of rotatable bonds is 5. The van der Waals surface area contributed by atoms with Crippen LogP contribution >= 0.6 is 0 Å². The molecule has 3 nitrogen and oxygen atoms in total. The van der Waals surface area contributed by atoms with E-state index in [0.29, 0.717) is 6.04 Å². The molecule has 1 aliphatic heterocycles. The lowest BCUT2D eigenvalue weighted by atomic mass is 10.2. The average molecular weight is 196 g/mol. The maximum Gasteiger partial charge on any atom is 0.243 e. The first kappa shape index (κ1) is 11.2. The third-order valence-electron chi connectivity index (χ3n) is 2.83. The summed E-state index contributed by atoms with van der Waals surface area (Å²) < 4.78 is 0. The minimum Gasteiger partial charge on any atom is -0.351 e. The summed E-state index contributed by atoms with van der Waals surface area (Å²) in [6, 6.07) is 0.501. The van der Waals surface area contributed by atoms with Crippen LogP contribution < -0.4 is 5.32 Å². The van der Waals surface area contributed by atoms with Gasteiger partial charge < -0.3 is 5.32 Å². The van der Waals surface area contributed by atoms with Gasteiger partial charge in [-0.05, 0) is 38.4 Å². The second kappa shape index (κ2) is 5.81. The van der Waals surface area contributed by atoms with Crippen molar-refractivity contribution in [3.05, 3.63) is 12.7 Å². The molecule has 0 aromatic rings. The van der Waals surface area contributed by atoms with Crippen LogP contribution in [0.15, 0.2) is 12.7 Å². The van der Waals surface area contributed by atoms with E-state index < -0.39 is 0 Å². The summed E-state index contributed by atoms with van der Waals surface area (Å²) in [4.78, 5) is 13.5. The second-order valence-electron chi connectivity index (χ2n) is 3.75. The summed E-state index contributed by atoms with van der Waals surface area (Å²) in [6.07, 6.45) is 5.02. The van der Waals surface area contributed by atoms with Crippen molar-refractivity contribution in [2.24, 2.45) is 0 Å². The lowest BCUT2D eigenvalue weighted by Gasteiger charge is -2.26. The van der Waals surface area contributed by atoms with Crippen LogP contribution in [0.3, 0.4) is 0 Å². The predicted molar refractivity (Wildman–Crippen MR) is 58.1 cm³/mol. The SMILES string of the molecule is C=CC(=O)NCC(CC)N1CCCC1. The van der Waals surface area contributed by atoms with Gasteiger partial charge in [0.05, 0.1) is 0 Å². The van der Waals surface area contributed by atoms with Crippen LogP contribution in [-0.2, 0) is 4.79 Å². The largest absolute Gasteiger partial charge is 0.351 e. The van der Waals surface area contributed by atoms with Crippen LogP contribution in [0.5, 0.6) is 0 Å². The zero-order valence-corrected chi connectivity index (χ0v) is 8.96. The van der Waals surface area contributed by atoms with Crippen molar-refractivity contribution in [1.29, 1.82) is 0 Å². The molecule has 3 heteroatoms. The Labute approximate surface area is 86.2 Å². The van der Waals surface area contributed by atoms with Gasteiger partial charge in [0, 0.05) is 12.6 Å². The summed E-state index contributed by atoms with van der Waals surface area (Å²) in [5.41, 5.74) is 0. The molecule has 0 aromatic carbocycles. The molecule has 0 aromatic heterocycles. The predicted octanol–water partition coefficient (Wildman–Crippen LogP) is 1.16. The number of carbonyl (C=O) groups excluding carboxylic acids is 1. The Morgan fingerprint density at radius 3 is 2.71 bits per heavy atom. The Balaban J connectivity index is 2.30. The molecule has 80 valence electrons. The zero-order valence-electron chi connectivity index (χ0n) is 8.96. The number of carbonyl (C=O) groups is 1. The number of hydrogen-bond donors (Lipinski definition) is 1. The first-order valence-electron chi connectivity index (χ1n) is 5.42. The fraction of sp³-hybridized carbons (Fsp3) is 0.727. The highest BCUT2D eigenvalue weighted by atomic mass is 16.1. The van der Waals surface area contributed by atoms with Crippen LogP contribution in [0.2, 0.25) is 0 Å². The molecule has 0 saturated carbocycles. The smallest absolute Gasteiger partial charge is 0.243 e. The van der Waals surface area contributed by atoms with Crippen molar-refractivity contribution < 1.29 is 4.79 Å². The van der Waals surface area contributed by atoms with Gasteiger partial charge in [0.25, 0.3) is 0 Å². The van der Waals surface area contributed by atoms with Gasteiger partial charge in [-0.3, -0.25) is 9.69 Å². The van der Waals surface area contributed by atoms with Crippen LogP contribution in [0.4, 0.5) is 0 Å². The molecule has 1 rings (SSSR count). The summed E-state index contributed by atoms with van der Waals surface area (Å²) in [6.45, 7) is 8.72. The molecule has 1 saturated heterocycles. The van der Waals surface area contributed by atoms with Gasteiger partial charge in [-0.15, -0.1) is 0 Å². The minimum absolute atomic E-state index is 0.0670. The standard InChI is InChI=1S/C11H20N2O/c1-3-10(9-12-11(14)4-2)13-7-5-6-8-13/h4,10H,2-3,5-9H2,1H3,(H,12,14). The Morgan fingerprint density at radius 1 is 1.57 bits per heavy atom. The van der Waals surface area contributed by atoms with E-state index in [-0.39, 0.29) is 5.91 Å². The first-order chi connectivity index (χ1) is 6.77. The van der Waals surface area contributed by atoms with E-state index in [1.165, 1.54) is 32.0 Å². The van der Waals surface area contributed by atoms with Gasteiger partial charge in [-0.25, -0.2) is 0 Å². The topological polar surface area (TPSA) is 32.3 Å². The number of amides is 1. The summed E-state index contributed by atoms with van der Waals surface area (Å²) >= 11 is 0. The number of nitrogens with one attached hydrogen (secondary N) is 1. The van der Waals surface area contributed by atoms with E-state index in [9.17, 15) is 4.79 Å². The number of likely N-dealkylation sites (tertiary alicyclic amines) is 1. The summed E-state index contributed by atoms with van der Waals surface area (Å²) in [5.74, 6) is -0.0670. The summed E-state index contributed by atoms with van der Waals surface area (Å²) in [5, 5.41) is 2.86. The molecule has 1 fully saturated rings. The monoisotopic (exact) mass is 196 g/mol. The third kappa shape index (κ3) is 3.14. The molecular formula is C11H20N2O. The highest BCUT2D eigenvalue weighted by Gasteiger charge is 2.20. The Bertz CT molecular complexity index is 197. The van der Waals surface area contributed by atoms with Gasteiger partial charge >= 0.3 is 0 Å². The van der Waals surface area contributed by atoms with Gasteiger partial charge in [0.1, 0.15) is 0 Å². The molecule has 0 aliphatic carbocycles. The molecule has 0 spiro atoms. The fourth-order valence-corrected chi connectivity index (χ4v) is 1.93. The normalized spacial score (nSPS) is 19.2. The molecule has 1 heterocycles. The molecule has 0 bridgehead atoms. The molecule has 14 heavy (non-hydrogen) atoms. The van der Waals surface area contributed by atoms with E-state index in [1.807, 2.05) is 0 Å². The molecule has 1 amide bonds. The molecule has 0 radical (unpaired) electrons. The van der Waals surface area contributed by atoms with Crippen molar-refractivity contribution in [3.63, 3.8) is 0 Å². The molecule has 1 atom stereocenters. The minimum atomic E-state index is -0.0670. The Kier molecular flexibility index (Phi) is 4.66. The number of hydrogen-bond acceptors (Lipinski definition) is 2. The van der Waals surface area contributed by atoms with Crippen LogP contribution in [0.1, 0.15) is 26.2 Å². The zero-order chi connectivity index (χ0) is 10.4. The molecule has 1 unspecified atom stereocenters. The second-order valence-corrected chi connectivity index (χ2v) is 3.75.